The molecule has 1 aliphatic rings. The molecule has 1 fully saturated rings. The number of ether oxygens (including phenoxy) is 1. The average Bonchev–Trinajstić information content (AvgIpc) is 2.85. The number of anilines is 1. The van der Waals surface area contributed by atoms with Crippen LogP contribution in [-0.2, 0) is 11.3 Å². The molecule has 1 saturated heterocycles. The van der Waals surface area contributed by atoms with E-state index in [4.69, 9.17) is 16.3 Å². The van der Waals surface area contributed by atoms with Gasteiger partial charge in [-0.3, -0.25) is 14.3 Å². The third kappa shape index (κ3) is 4.77. The highest BCUT2D eigenvalue weighted by Crippen LogP contribution is 2.31. The van der Waals surface area contributed by atoms with Gasteiger partial charge in [-0.05, 0) is 38.2 Å². The molecule has 0 amide bonds. The first-order chi connectivity index (χ1) is 16.9. The summed E-state index contributed by atoms with van der Waals surface area (Å²) in [7, 11) is 3.81. The zero-order valence-electron chi connectivity index (χ0n) is 20.0. The van der Waals surface area contributed by atoms with E-state index >= 15 is 0 Å². The average molecular weight is 491 g/mol. The highest BCUT2D eigenvalue weighted by molar-refractivity contribution is 6.33. The second kappa shape index (κ2) is 9.73. The quantitative estimate of drug-likeness (QED) is 0.454. The third-order valence-electron chi connectivity index (χ3n) is 6.22. The Hall–Kier alpha value is -3.33. The van der Waals surface area contributed by atoms with Gasteiger partial charge in [0, 0.05) is 59.1 Å². The van der Waals surface area contributed by atoms with Crippen LogP contribution >= 0.6 is 11.6 Å². The van der Waals surface area contributed by atoms with Crippen molar-refractivity contribution in [2.75, 3.05) is 39.1 Å². The maximum Gasteiger partial charge on any atom is 0.260 e. The van der Waals surface area contributed by atoms with Gasteiger partial charge in [-0.15, -0.1) is 0 Å². The Balaban J connectivity index is 1.62. The smallest absolute Gasteiger partial charge is 0.260 e. The summed E-state index contributed by atoms with van der Waals surface area (Å²) in [6.07, 6.45) is 1.60. The topological polar surface area (TPSA) is 85.2 Å². The normalized spacial score (nSPS) is 16.5. The Morgan fingerprint density at radius 3 is 2.77 bits per heavy atom. The van der Waals surface area contributed by atoms with Crippen LogP contribution in [0.5, 0.6) is 0 Å². The van der Waals surface area contributed by atoms with Crippen LogP contribution in [0.3, 0.4) is 0 Å². The molecule has 180 valence electrons. The number of likely N-dealkylation sites (N-methyl/N-ethyl adjacent to an activating group) is 1. The molecule has 4 aromatic rings. The molecule has 0 unspecified atom stereocenters. The molecule has 35 heavy (non-hydrogen) atoms. The molecule has 1 aromatic carbocycles. The van der Waals surface area contributed by atoms with E-state index in [0.717, 1.165) is 35.4 Å². The molecule has 0 saturated carbocycles. The first-order valence-electron chi connectivity index (χ1n) is 11.6. The molecule has 4 heterocycles. The van der Waals surface area contributed by atoms with E-state index in [1.54, 1.807) is 17.8 Å². The van der Waals surface area contributed by atoms with Crippen molar-refractivity contribution in [2.24, 2.45) is 0 Å². The van der Waals surface area contributed by atoms with Gasteiger partial charge in [0.15, 0.2) is 0 Å². The Morgan fingerprint density at radius 2 is 2.03 bits per heavy atom. The minimum Gasteiger partial charge on any atom is -0.374 e. The van der Waals surface area contributed by atoms with Crippen LogP contribution in [0.4, 0.5) is 5.95 Å². The van der Waals surface area contributed by atoms with Gasteiger partial charge in [0.25, 0.3) is 5.56 Å². The van der Waals surface area contributed by atoms with Gasteiger partial charge in [-0.25, -0.2) is 4.98 Å². The second-order valence-electron chi connectivity index (χ2n) is 8.81. The lowest BCUT2D eigenvalue weighted by Crippen LogP contribution is -2.43. The summed E-state index contributed by atoms with van der Waals surface area (Å²) in [5.74, 6) is 0.452. The van der Waals surface area contributed by atoms with Crippen molar-refractivity contribution in [3.8, 4) is 22.4 Å². The number of hydrogen-bond donors (Lipinski definition) is 1. The predicted octanol–water partition coefficient (Wildman–Crippen LogP) is 3.85. The van der Waals surface area contributed by atoms with Crippen LogP contribution in [0.15, 0.2) is 53.5 Å². The highest BCUT2D eigenvalue weighted by Gasteiger charge is 2.22. The zero-order valence-corrected chi connectivity index (χ0v) is 20.7. The number of nitrogens with zero attached hydrogens (tertiary/aromatic N) is 5. The van der Waals surface area contributed by atoms with Crippen molar-refractivity contribution >= 4 is 28.6 Å². The number of aryl methyl sites for hydroxylation is 1. The van der Waals surface area contributed by atoms with E-state index in [2.05, 4.69) is 32.2 Å². The summed E-state index contributed by atoms with van der Waals surface area (Å²) in [6, 6.07) is 13.3. The van der Waals surface area contributed by atoms with Crippen molar-refractivity contribution in [1.29, 1.82) is 0 Å². The van der Waals surface area contributed by atoms with E-state index in [0.29, 0.717) is 40.9 Å². The van der Waals surface area contributed by atoms with E-state index in [9.17, 15) is 4.79 Å². The van der Waals surface area contributed by atoms with Crippen LogP contribution in [-0.4, -0.2) is 64.3 Å². The molecule has 0 bridgehead atoms. The molecule has 5 rings (SSSR count). The highest BCUT2D eigenvalue weighted by atomic mass is 35.5. The SMILES string of the molecule is CNc1ncc2cc(-c3ccc(-c4cccc(C)n4)cc3Cl)c(=O)n(C[C@@H]3CN(C)CCO3)c2n1. The molecule has 8 nitrogen and oxygen atoms in total. The van der Waals surface area contributed by atoms with E-state index in [-0.39, 0.29) is 11.7 Å². The first-order valence-corrected chi connectivity index (χ1v) is 11.9. The second-order valence-corrected chi connectivity index (χ2v) is 9.22. The lowest BCUT2D eigenvalue weighted by atomic mass is 10.0. The maximum absolute atomic E-state index is 13.8. The minimum absolute atomic E-state index is 0.122. The molecule has 9 heteroatoms. The number of fused-ring (bicyclic) bond motifs is 1. The Bertz CT molecular complexity index is 1450. The van der Waals surface area contributed by atoms with Crippen LogP contribution in [0, 0.1) is 6.92 Å². The van der Waals surface area contributed by atoms with Crippen LogP contribution in [0.1, 0.15) is 5.69 Å². The fourth-order valence-electron chi connectivity index (χ4n) is 4.42. The monoisotopic (exact) mass is 490 g/mol. The Labute approximate surface area is 208 Å². The predicted molar refractivity (Wildman–Crippen MR) is 139 cm³/mol. The van der Waals surface area contributed by atoms with Crippen molar-refractivity contribution in [3.05, 3.63) is 69.7 Å². The molecular formula is C26H27ClN6O2. The molecule has 0 radical (unpaired) electrons. The van der Waals surface area contributed by atoms with E-state index in [1.807, 2.05) is 49.4 Å². The lowest BCUT2D eigenvalue weighted by Gasteiger charge is -2.30. The third-order valence-corrected chi connectivity index (χ3v) is 6.53. The number of hydrogen-bond acceptors (Lipinski definition) is 7. The number of benzene rings is 1. The minimum atomic E-state index is -0.168. The van der Waals surface area contributed by atoms with Crippen LogP contribution < -0.4 is 10.9 Å². The summed E-state index contributed by atoms with van der Waals surface area (Å²) in [5, 5.41) is 4.19. The molecule has 1 N–H and O–H groups in total. The standard InChI is InChI=1S/C26H27ClN6O2/c1-16-5-4-6-23(30-16)17-7-8-20(22(27)12-17)21-11-18-13-29-26(28-2)31-24(18)33(25(21)34)15-19-14-32(3)9-10-35-19/h4-8,11-13,19H,9-10,14-15H2,1-3H3,(H,28,29,31)/t19-/m0/s1. The van der Waals surface area contributed by atoms with Gasteiger partial charge in [0.2, 0.25) is 5.95 Å². The number of halogens is 1. The Kier molecular flexibility index (Phi) is 6.51. The number of morpholine rings is 1. The van der Waals surface area contributed by atoms with Gasteiger partial charge in [-0.1, -0.05) is 29.8 Å². The van der Waals surface area contributed by atoms with Crippen LogP contribution in [0.25, 0.3) is 33.4 Å². The maximum atomic E-state index is 13.8. The summed E-state index contributed by atoms with van der Waals surface area (Å²) in [6.45, 7) is 4.57. The largest absolute Gasteiger partial charge is 0.374 e. The molecule has 3 aromatic heterocycles. The zero-order chi connectivity index (χ0) is 24.5. The van der Waals surface area contributed by atoms with Crippen molar-refractivity contribution in [2.45, 2.75) is 19.6 Å². The van der Waals surface area contributed by atoms with Gasteiger partial charge in [-0.2, -0.15) is 4.98 Å². The number of nitrogens with one attached hydrogen (secondary N) is 1. The summed E-state index contributed by atoms with van der Waals surface area (Å²) >= 11 is 6.74. The molecular weight excluding hydrogens is 464 g/mol. The fraction of sp³-hybridized carbons (Fsp3) is 0.308. The Morgan fingerprint density at radius 1 is 1.17 bits per heavy atom. The number of pyridine rings is 2. The number of aromatic nitrogens is 4. The van der Waals surface area contributed by atoms with E-state index < -0.39 is 0 Å². The van der Waals surface area contributed by atoms with Gasteiger partial charge >= 0.3 is 0 Å². The first kappa shape index (κ1) is 23.4. The van der Waals surface area contributed by atoms with Crippen molar-refractivity contribution < 1.29 is 4.74 Å². The fourth-order valence-corrected chi connectivity index (χ4v) is 4.70. The summed E-state index contributed by atoms with van der Waals surface area (Å²) < 4.78 is 7.65. The van der Waals surface area contributed by atoms with Gasteiger partial charge in [0.05, 0.1) is 24.9 Å². The molecule has 1 atom stereocenters. The summed E-state index contributed by atoms with van der Waals surface area (Å²) in [5.41, 5.74) is 4.20. The number of rotatable bonds is 5. The van der Waals surface area contributed by atoms with Crippen molar-refractivity contribution in [3.63, 3.8) is 0 Å². The van der Waals surface area contributed by atoms with Crippen molar-refractivity contribution in [1.82, 2.24) is 24.4 Å². The lowest BCUT2D eigenvalue weighted by molar-refractivity contribution is -0.0273. The molecule has 1 aliphatic heterocycles. The van der Waals surface area contributed by atoms with E-state index in [1.165, 1.54) is 0 Å². The molecule has 0 aliphatic carbocycles. The molecule has 0 spiro atoms. The van der Waals surface area contributed by atoms with Gasteiger partial charge < -0.3 is 15.0 Å². The van der Waals surface area contributed by atoms with Crippen LogP contribution in [0.2, 0.25) is 5.02 Å². The summed E-state index contributed by atoms with van der Waals surface area (Å²) in [4.78, 5) is 29.6. The van der Waals surface area contributed by atoms with Gasteiger partial charge in [0.1, 0.15) is 5.65 Å².